The number of aryl methyl sites for hydroxylation is 1. The standard InChI is InChI=1S/C17H20ClNO2/c1-13-7-8-17(15(18)11-13)21-16-6-4-3-5-14(16)12-19-9-10-20-2/h3-8,11,19H,9-10,12H2,1-2H3. The summed E-state index contributed by atoms with van der Waals surface area (Å²) in [5.74, 6) is 1.49. The number of benzene rings is 2. The highest BCUT2D eigenvalue weighted by atomic mass is 35.5. The van der Waals surface area contributed by atoms with Gasteiger partial charge < -0.3 is 14.8 Å². The predicted molar refractivity (Wildman–Crippen MR) is 86.3 cm³/mol. The molecule has 0 heterocycles. The Balaban J connectivity index is 2.08. The molecule has 0 aliphatic rings. The maximum Gasteiger partial charge on any atom is 0.146 e. The topological polar surface area (TPSA) is 30.5 Å². The summed E-state index contributed by atoms with van der Waals surface area (Å²) < 4.78 is 11.0. The molecule has 2 aromatic carbocycles. The zero-order chi connectivity index (χ0) is 15.1. The van der Waals surface area contributed by atoms with Crippen molar-refractivity contribution < 1.29 is 9.47 Å². The van der Waals surface area contributed by atoms with Gasteiger partial charge in [-0.15, -0.1) is 0 Å². The second-order valence-corrected chi connectivity index (χ2v) is 5.22. The fourth-order valence-corrected chi connectivity index (χ4v) is 2.23. The van der Waals surface area contributed by atoms with E-state index >= 15 is 0 Å². The lowest BCUT2D eigenvalue weighted by Crippen LogP contribution is -2.18. The number of rotatable bonds is 7. The highest BCUT2D eigenvalue weighted by Crippen LogP contribution is 2.31. The molecule has 0 unspecified atom stereocenters. The van der Waals surface area contributed by atoms with E-state index in [1.165, 1.54) is 0 Å². The third-order valence-corrected chi connectivity index (χ3v) is 3.37. The van der Waals surface area contributed by atoms with Gasteiger partial charge in [0.1, 0.15) is 11.5 Å². The van der Waals surface area contributed by atoms with Crippen LogP contribution in [0.15, 0.2) is 42.5 Å². The quantitative estimate of drug-likeness (QED) is 0.779. The highest BCUT2D eigenvalue weighted by molar-refractivity contribution is 6.32. The Hall–Kier alpha value is -1.55. The first-order valence-corrected chi connectivity index (χ1v) is 7.30. The monoisotopic (exact) mass is 305 g/mol. The molecule has 0 aromatic heterocycles. The smallest absolute Gasteiger partial charge is 0.146 e. The van der Waals surface area contributed by atoms with Gasteiger partial charge in [0, 0.05) is 25.8 Å². The zero-order valence-electron chi connectivity index (χ0n) is 12.4. The van der Waals surface area contributed by atoms with Crippen molar-refractivity contribution in [3.05, 3.63) is 58.6 Å². The molecule has 2 aromatic rings. The van der Waals surface area contributed by atoms with Crippen molar-refractivity contribution in [1.29, 1.82) is 0 Å². The number of hydrogen-bond donors (Lipinski definition) is 1. The fourth-order valence-electron chi connectivity index (χ4n) is 1.95. The van der Waals surface area contributed by atoms with Gasteiger partial charge in [0.05, 0.1) is 11.6 Å². The number of hydrogen-bond acceptors (Lipinski definition) is 3. The van der Waals surface area contributed by atoms with E-state index in [1.807, 2.05) is 49.4 Å². The van der Waals surface area contributed by atoms with E-state index in [4.69, 9.17) is 21.1 Å². The van der Waals surface area contributed by atoms with E-state index in [0.29, 0.717) is 17.4 Å². The SMILES string of the molecule is COCCNCc1ccccc1Oc1ccc(C)cc1Cl. The van der Waals surface area contributed by atoms with Gasteiger partial charge in [-0.3, -0.25) is 0 Å². The molecule has 0 bridgehead atoms. The molecule has 0 amide bonds. The molecular formula is C17H20ClNO2. The molecule has 2 rings (SSSR count). The van der Waals surface area contributed by atoms with Crippen molar-refractivity contribution >= 4 is 11.6 Å². The van der Waals surface area contributed by atoms with E-state index in [0.717, 1.165) is 30.0 Å². The van der Waals surface area contributed by atoms with Crippen LogP contribution < -0.4 is 10.1 Å². The molecule has 0 aliphatic heterocycles. The largest absolute Gasteiger partial charge is 0.455 e. The van der Waals surface area contributed by atoms with Gasteiger partial charge in [-0.05, 0) is 30.7 Å². The maximum absolute atomic E-state index is 6.22. The minimum absolute atomic E-state index is 0.622. The summed E-state index contributed by atoms with van der Waals surface area (Å²) in [4.78, 5) is 0. The summed E-state index contributed by atoms with van der Waals surface area (Å²) in [6.45, 7) is 4.22. The van der Waals surface area contributed by atoms with Gasteiger partial charge in [-0.2, -0.15) is 0 Å². The second-order valence-electron chi connectivity index (χ2n) is 4.81. The van der Waals surface area contributed by atoms with Gasteiger partial charge in [0.2, 0.25) is 0 Å². The molecule has 0 saturated carbocycles. The van der Waals surface area contributed by atoms with Crippen LogP contribution in [0.5, 0.6) is 11.5 Å². The van der Waals surface area contributed by atoms with Crippen LogP contribution in [0.3, 0.4) is 0 Å². The van der Waals surface area contributed by atoms with Crippen LogP contribution in [0.4, 0.5) is 0 Å². The van der Waals surface area contributed by atoms with Gasteiger partial charge >= 0.3 is 0 Å². The number of methoxy groups -OCH3 is 1. The van der Waals surface area contributed by atoms with Crippen molar-refractivity contribution in [2.24, 2.45) is 0 Å². The Morgan fingerprint density at radius 1 is 1.10 bits per heavy atom. The molecule has 1 N–H and O–H groups in total. The Kier molecular flexibility index (Phi) is 6.05. The molecule has 0 spiro atoms. The van der Waals surface area contributed by atoms with Crippen LogP contribution in [0.1, 0.15) is 11.1 Å². The molecule has 112 valence electrons. The van der Waals surface area contributed by atoms with Crippen molar-refractivity contribution in [1.82, 2.24) is 5.32 Å². The lowest BCUT2D eigenvalue weighted by molar-refractivity contribution is 0.199. The zero-order valence-corrected chi connectivity index (χ0v) is 13.1. The average molecular weight is 306 g/mol. The van der Waals surface area contributed by atoms with Crippen LogP contribution in [0.2, 0.25) is 5.02 Å². The van der Waals surface area contributed by atoms with Crippen LogP contribution in [0.25, 0.3) is 0 Å². The predicted octanol–water partition coefficient (Wildman–Crippen LogP) is 4.18. The number of nitrogens with one attached hydrogen (secondary N) is 1. The van der Waals surface area contributed by atoms with Gasteiger partial charge in [-0.1, -0.05) is 35.9 Å². The molecule has 0 aliphatic carbocycles. The summed E-state index contributed by atoms with van der Waals surface area (Å²) in [6, 6.07) is 13.7. The maximum atomic E-state index is 6.22. The molecule has 0 fully saturated rings. The molecule has 0 radical (unpaired) electrons. The minimum atomic E-state index is 0.622. The van der Waals surface area contributed by atoms with Crippen LogP contribution >= 0.6 is 11.6 Å². The van der Waals surface area contributed by atoms with E-state index in [-0.39, 0.29) is 0 Å². The molecule has 3 nitrogen and oxygen atoms in total. The van der Waals surface area contributed by atoms with E-state index in [1.54, 1.807) is 7.11 Å². The third-order valence-electron chi connectivity index (χ3n) is 3.08. The fraction of sp³-hybridized carbons (Fsp3) is 0.294. The van der Waals surface area contributed by atoms with Crippen molar-refractivity contribution in [2.45, 2.75) is 13.5 Å². The van der Waals surface area contributed by atoms with Crippen LogP contribution in [-0.2, 0) is 11.3 Å². The second kappa shape index (κ2) is 8.03. The molecule has 0 saturated heterocycles. The number of ether oxygens (including phenoxy) is 2. The summed E-state index contributed by atoms with van der Waals surface area (Å²) >= 11 is 6.22. The first-order valence-electron chi connectivity index (χ1n) is 6.92. The summed E-state index contributed by atoms with van der Waals surface area (Å²) in [6.07, 6.45) is 0. The molecule has 21 heavy (non-hydrogen) atoms. The lowest BCUT2D eigenvalue weighted by Gasteiger charge is -2.13. The van der Waals surface area contributed by atoms with E-state index in [2.05, 4.69) is 5.32 Å². The molecule has 0 atom stereocenters. The summed E-state index contributed by atoms with van der Waals surface area (Å²) in [5.41, 5.74) is 2.20. The minimum Gasteiger partial charge on any atom is -0.455 e. The third kappa shape index (κ3) is 4.74. The Bertz CT molecular complexity index is 587. The Labute approximate surface area is 130 Å². The molecular weight excluding hydrogens is 286 g/mol. The molecule has 4 heteroatoms. The first kappa shape index (κ1) is 15.8. The van der Waals surface area contributed by atoms with Gasteiger partial charge in [0.25, 0.3) is 0 Å². The Morgan fingerprint density at radius 3 is 2.67 bits per heavy atom. The van der Waals surface area contributed by atoms with E-state index < -0.39 is 0 Å². The first-order chi connectivity index (χ1) is 10.2. The van der Waals surface area contributed by atoms with Crippen molar-refractivity contribution in [3.63, 3.8) is 0 Å². The normalized spacial score (nSPS) is 10.6. The van der Waals surface area contributed by atoms with Crippen molar-refractivity contribution in [2.75, 3.05) is 20.3 Å². The van der Waals surface area contributed by atoms with Crippen molar-refractivity contribution in [3.8, 4) is 11.5 Å². The van der Waals surface area contributed by atoms with Gasteiger partial charge in [-0.25, -0.2) is 0 Å². The van der Waals surface area contributed by atoms with Crippen LogP contribution in [-0.4, -0.2) is 20.3 Å². The number of halogens is 1. The summed E-state index contributed by atoms with van der Waals surface area (Å²) in [7, 11) is 1.69. The Morgan fingerprint density at radius 2 is 1.90 bits per heavy atom. The van der Waals surface area contributed by atoms with Crippen LogP contribution in [0, 0.1) is 6.92 Å². The van der Waals surface area contributed by atoms with E-state index in [9.17, 15) is 0 Å². The average Bonchev–Trinajstić information content (AvgIpc) is 2.48. The number of para-hydroxylation sites is 1. The lowest BCUT2D eigenvalue weighted by atomic mass is 10.2. The van der Waals surface area contributed by atoms with Gasteiger partial charge in [0.15, 0.2) is 0 Å². The highest BCUT2D eigenvalue weighted by Gasteiger charge is 2.07. The summed E-state index contributed by atoms with van der Waals surface area (Å²) in [5, 5.41) is 3.94.